The topological polar surface area (TPSA) is 106 Å². The van der Waals surface area contributed by atoms with Crippen LogP contribution in [0.4, 0.5) is 0 Å². The molecule has 0 spiro atoms. The number of rotatable bonds is 3. The zero-order valence-electron chi connectivity index (χ0n) is 15.8. The summed E-state index contributed by atoms with van der Waals surface area (Å²) in [4.78, 5) is 24.5. The highest BCUT2D eigenvalue weighted by Gasteiger charge is 2.57. The fraction of sp³-hybridized carbons (Fsp3) is 0.600. The first-order valence-electron chi connectivity index (χ1n) is 9.11. The number of hydrogen-bond acceptors (Lipinski definition) is 7. The Balaban J connectivity index is 2.00. The fourth-order valence-electron chi connectivity index (χ4n) is 3.77. The largest absolute Gasteiger partial charge is 0.458 e. The quantitative estimate of drug-likeness (QED) is 0.329. The molecule has 27 heavy (non-hydrogen) atoms. The molecule has 0 aromatic heterocycles. The van der Waals surface area contributed by atoms with Gasteiger partial charge in [0.2, 0.25) is 0 Å². The number of ether oxygens (including phenoxy) is 3. The van der Waals surface area contributed by atoms with Crippen molar-refractivity contribution in [2.75, 3.05) is 6.61 Å². The number of carbonyl (C=O) groups excluding carboxylic acids is 2. The maximum absolute atomic E-state index is 12.4. The van der Waals surface area contributed by atoms with E-state index in [1.165, 1.54) is 0 Å². The molecule has 2 N–H and O–H groups in total. The Bertz CT molecular complexity index is 722. The van der Waals surface area contributed by atoms with Crippen molar-refractivity contribution in [1.29, 1.82) is 0 Å². The third-order valence-corrected chi connectivity index (χ3v) is 5.74. The summed E-state index contributed by atoms with van der Waals surface area (Å²) in [5.41, 5.74) is 0.423. The van der Waals surface area contributed by atoms with Crippen molar-refractivity contribution in [2.45, 2.75) is 63.6 Å². The van der Waals surface area contributed by atoms with Crippen LogP contribution in [0.5, 0.6) is 0 Å². The van der Waals surface area contributed by atoms with Crippen molar-refractivity contribution in [3.63, 3.8) is 0 Å². The van der Waals surface area contributed by atoms with Crippen LogP contribution in [-0.2, 0) is 23.8 Å². The summed E-state index contributed by atoms with van der Waals surface area (Å²) in [6, 6.07) is 0. The lowest BCUT2D eigenvalue weighted by molar-refractivity contribution is -0.148. The SMILES string of the molecule is C=C1C(=O)O[C@H]2C=C(CO)[C@@H](O)C[C@H]3O[C@]3(C)C[C@@H](OC(=O)/C(C)=C\C)[C@@H]12. The van der Waals surface area contributed by atoms with Crippen molar-refractivity contribution >= 4 is 11.9 Å². The van der Waals surface area contributed by atoms with Gasteiger partial charge in [0.25, 0.3) is 0 Å². The van der Waals surface area contributed by atoms with E-state index in [4.69, 9.17) is 14.2 Å². The minimum absolute atomic E-state index is 0.209. The van der Waals surface area contributed by atoms with Gasteiger partial charge in [0.15, 0.2) is 0 Å². The molecule has 7 heteroatoms. The number of aliphatic hydroxyl groups excluding tert-OH is 2. The molecule has 3 rings (SSSR count). The van der Waals surface area contributed by atoms with E-state index >= 15 is 0 Å². The molecule has 0 bridgehead atoms. The Hall–Kier alpha value is -1.96. The van der Waals surface area contributed by atoms with E-state index in [1.54, 1.807) is 26.0 Å². The molecule has 6 atom stereocenters. The summed E-state index contributed by atoms with van der Waals surface area (Å²) in [5, 5.41) is 20.1. The molecule has 2 fully saturated rings. The minimum atomic E-state index is -0.903. The van der Waals surface area contributed by atoms with Crippen molar-refractivity contribution in [2.24, 2.45) is 5.92 Å². The first kappa shape index (κ1) is 19.8. The first-order valence-corrected chi connectivity index (χ1v) is 9.11. The van der Waals surface area contributed by atoms with Crippen LogP contribution in [-0.4, -0.2) is 58.8 Å². The van der Waals surface area contributed by atoms with E-state index < -0.39 is 41.8 Å². The molecular weight excluding hydrogens is 352 g/mol. The highest BCUT2D eigenvalue weighted by Crippen LogP contribution is 2.47. The second-order valence-corrected chi connectivity index (χ2v) is 7.61. The number of allylic oxidation sites excluding steroid dienone is 1. The Labute approximate surface area is 158 Å². The predicted molar refractivity (Wildman–Crippen MR) is 95.5 cm³/mol. The summed E-state index contributed by atoms with van der Waals surface area (Å²) in [6.07, 6.45) is 1.27. The Morgan fingerprint density at radius 2 is 2.22 bits per heavy atom. The smallest absolute Gasteiger partial charge is 0.334 e. The number of esters is 2. The van der Waals surface area contributed by atoms with Crippen molar-refractivity contribution in [3.8, 4) is 0 Å². The lowest BCUT2D eigenvalue weighted by Gasteiger charge is -2.29. The molecule has 2 saturated heterocycles. The molecule has 1 aliphatic carbocycles. The van der Waals surface area contributed by atoms with E-state index in [0.717, 1.165) is 0 Å². The van der Waals surface area contributed by atoms with Crippen LogP contribution in [0, 0.1) is 5.92 Å². The summed E-state index contributed by atoms with van der Waals surface area (Å²) >= 11 is 0. The lowest BCUT2D eigenvalue weighted by atomic mass is 9.82. The van der Waals surface area contributed by atoms with Crippen LogP contribution >= 0.6 is 0 Å². The summed E-state index contributed by atoms with van der Waals surface area (Å²) < 4.78 is 16.9. The minimum Gasteiger partial charge on any atom is -0.458 e. The maximum atomic E-state index is 12.4. The first-order chi connectivity index (χ1) is 12.7. The van der Waals surface area contributed by atoms with Crippen LogP contribution in [0.2, 0.25) is 0 Å². The molecule has 2 aliphatic heterocycles. The molecule has 3 aliphatic rings. The maximum Gasteiger partial charge on any atom is 0.334 e. The number of aliphatic hydroxyl groups is 2. The van der Waals surface area contributed by atoms with Crippen molar-refractivity contribution < 1.29 is 34.0 Å². The van der Waals surface area contributed by atoms with Crippen molar-refractivity contribution in [3.05, 3.63) is 35.5 Å². The third-order valence-electron chi connectivity index (χ3n) is 5.74. The third kappa shape index (κ3) is 3.72. The van der Waals surface area contributed by atoms with E-state index in [0.29, 0.717) is 24.0 Å². The Kier molecular flexibility index (Phi) is 5.29. The summed E-state index contributed by atoms with van der Waals surface area (Å²) in [7, 11) is 0. The van der Waals surface area contributed by atoms with Gasteiger partial charge < -0.3 is 24.4 Å². The highest BCUT2D eigenvalue weighted by atomic mass is 16.6. The molecule has 0 aromatic rings. The molecule has 0 amide bonds. The van der Waals surface area contributed by atoms with E-state index in [9.17, 15) is 19.8 Å². The molecule has 0 saturated carbocycles. The van der Waals surface area contributed by atoms with Gasteiger partial charge >= 0.3 is 11.9 Å². The van der Waals surface area contributed by atoms with Gasteiger partial charge in [-0.1, -0.05) is 12.7 Å². The van der Waals surface area contributed by atoms with Crippen LogP contribution < -0.4 is 0 Å². The fourth-order valence-corrected chi connectivity index (χ4v) is 3.77. The number of epoxide rings is 1. The standard InChI is InChI=1S/C20H26O7/c1-5-10(2)18(23)26-15-8-20(4)16(27-20)7-13(22)12(9-21)6-14-17(15)11(3)19(24)25-14/h5-6,13-17,21-22H,3,7-9H2,1-2,4H3/b10-5-,12-6?/t13-,14-,15+,16+,17-,20+/m0/s1. The predicted octanol–water partition coefficient (Wildman–Crippen LogP) is 1.19. The molecule has 0 radical (unpaired) electrons. The summed E-state index contributed by atoms with van der Waals surface area (Å²) in [6.45, 7) is 8.73. The molecular formula is C20H26O7. The zero-order valence-corrected chi connectivity index (χ0v) is 15.8. The number of fused-ring (bicyclic) bond motifs is 2. The van der Waals surface area contributed by atoms with E-state index in [2.05, 4.69) is 6.58 Å². The summed E-state index contributed by atoms with van der Waals surface area (Å²) in [5.74, 6) is -1.66. The van der Waals surface area contributed by atoms with E-state index in [1.807, 2.05) is 6.92 Å². The number of hydrogen-bond donors (Lipinski definition) is 2. The van der Waals surface area contributed by atoms with Gasteiger partial charge in [0.1, 0.15) is 12.2 Å². The average Bonchev–Trinajstić information content (AvgIpc) is 3.15. The second kappa shape index (κ2) is 7.22. The molecule has 0 unspecified atom stereocenters. The highest BCUT2D eigenvalue weighted by molar-refractivity contribution is 5.92. The van der Waals surface area contributed by atoms with Gasteiger partial charge in [-0.3, -0.25) is 0 Å². The number of carbonyl (C=O) groups is 2. The molecule has 7 nitrogen and oxygen atoms in total. The van der Waals surface area contributed by atoms with Crippen LogP contribution in [0.3, 0.4) is 0 Å². The average molecular weight is 378 g/mol. The second-order valence-electron chi connectivity index (χ2n) is 7.61. The van der Waals surface area contributed by atoms with Gasteiger partial charge in [-0.05, 0) is 32.4 Å². The molecule has 0 aromatic carbocycles. The monoisotopic (exact) mass is 378 g/mol. The Morgan fingerprint density at radius 1 is 1.52 bits per heavy atom. The van der Waals surface area contributed by atoms with Gasteiger partial charge in [-0.2, -0.15) is 0 Å². The normalized spacial score (nSPS) is 39.1. The van der Waals surface area contributed by atoms with Crippen LogP contribution in [0.25, 0.3) is 0 Å². The van der Waals surface area contributed by atoms with Gasteiger partial charge in [-0.25, -0.2) is 9.59 Å². The Morgan fingerprint density at radius 3 is 2.85 bits per heavy atom. The lowest BCUT2D eigenvalue weighted by Crippen LogP contribution is -2.38. The van der Waals surface area contributed by atoms with Gasteiger partial charge in [0.05, 0.1) is 30.3 Å². The van der Waals surface area contributed by atoms with Gasteiger partial charge in [-0.15, -0.1) is 0 Å². The van der Waals surface area contributed by atoms with Gasteiger partial charge in [0, 0.05) is 24.0 Å². The van der Waals surface area contributed by atoms with E-state index in [-0.39, 0.29) is 18.3 Å². The van der Waals surface area contributed by atoms with Crippen LogP contribution in [0.15, 0.2) is 35.5 Å². The van der Waals surface area contributed by atoms with Crippen LogP contribution in [0.1, 0.15) is 33.6 Å². The molecule has 148 valence electrons. The van der Waals surface area contributed by atoms with Crippen molar-refractivity contribution in [1.82, 2.24) is 0 Å². The molecule has 2 heterocycles. The zero-order chi connectivity index (χ0) is 19.9.